The van der Waals surface area contributed by atoms with Crippen LogP contribution in [0.15, 0.2) is 0 Å². The summed E-state index contributed by atoms with van der Waals surface area (Å²) in [5.74, 6) is 0. The van der Waals surface area contributed by atoms with Gasteiger partial charge < -0.3 is 9.29 Å². The maximum atomic E-state index is 10.2. The van der Waals surface area contributed by atoms with Crippen molar-refractivity contribution in [3.63, 3.8) is 0 Å². The van der Waals surface area contributed by atoms with E-state index in [4.69, 9.17) is 4.74 Å². The molecule has 0 unspecified atom stereocenters. The molecule has 0 rings (SSSR count). The Balaban J connectivity index is 0. The van der Waals surface area contributed by atoms with E-state index >= 15 is 0 Å². The van der Waals surface area contributed by atoms with Crippen molar-refractivity contribution in [2.45, 2.75) is 110 Å². The zero-order valence-corrected chi connectivity index (χ0v) is 21.8. The van der Waals surface area contributed by atoms with Crippen LogP contribution < -0.4 is 51.4 Å². The Bertz CT molecular complexity index is 377. The van der Waals surface area contributed by atoms with Gasteiger partial charge in [0.1, 0.15) is 0 Å². The van der Waals surface area contributed by atoms with Gasteiger partial charge in [-0.05, 0) is 19.3 Å². The van der Waals surface area contributed by atoms with Gasteiger partial charge in [-0.25, -0.2) is 8.42 Å². The van der Waals surface area contributed by atoms with Crippen molar-refractivity contribution in [2.24, 2.45) is 0 Å². The van der Waals surface area contributed by atoms with Crippen molar-refractivity contribution in [3.8, 4) is 0 Å². The molecule has 0 aliphatic carbocycles. The number of hydrogen-bond acceptors (Lipinski definition) is 5. The van der Waals surface area contributed by atoms with Crippen LogP contribution in [0.3, 0.4) is 0 Å². The third kappa shape index (κ3) is 29.8. The summed E-state index contributed by atoms with van der Waals surface area (Å²) in [4.78, 5) is 0. The van der Waals surface area contributed by atoms with E-state index in [0.29, 0.717) is 19.4 Å². The number of rotatable bonds is 21. The second-order valence-corrected chi connectivity index (χ2v) is 8.20. The molecule has 0 radical (unpaired) electrons. The SMILES string of the molecule is CCCCCCCCCCCCCCCCOCCCCOS(=O)(=O)[O-].[K+]. The van der Waals surface area contributed by atoms with E-state index in [1.165, 1.54) is 83.5 Å². The zero-order valence-electron chi connectivity index (χ0n) is 17.9. The Hall–Kier alpha value is 1.47. The molecule has 5 nitrogen and oxygen atoms in total. The fourth-order valence-corrected chi connectivity index (χ4v) is 3.29. The predicted octanol–water partition coefficient (Wildman–Crippen LogP) is 2.75. The Morgan fingerprint density at radius 3 is 1.33 bits per heavy atom. The molecule has 0 fully saturated rings. The minimum atomic E-state index is -4.54. The quantitative estimate of drug-likeness (QED) is 0.121. The van der Waals surface area contributed by atoms with Crippen LogP contribution in [0.25, 0.3) is 0 Å². The van der Waals surface area contributed by atoms with Gasteiger partial charge in [0.25, 0.3) is 0 Å². The Labute approximate surface area is 211 Å². The summed E-state index contributed by atoms with van der Waals surface area (Å²) in [6, 6.07) is 0. The molecule has 0 bridgehead atoms. The summed E-state index contributed by atoms with van der Waals surface area (Å²) >= 11 is 0. The average Bonchev–Trinajstić information content (AvgIpc) is 2.59. The normalized spacial score (nSPS) is 11.5. The second-order valence-electron chi connectivity index (χ2n) is 7.15. The van der Waals surface area contributed by atoms with Crippen LogP contribution in [0.4, 0.5) is 0 Å². The molecule has 0 saturated heterocycles. The first-order chi connectivity index (χ1) is 12.6. The van der Waals surface area contributed by atoms with Crippen LogP contribution in [-0.2, 0) is 19.3 Å². The van der Waals surface area contributed by atoms with Gasteiger partial charge in [0.2, 0.25) is 10.4 Å². The zero-order chi connectivity index (χ0) is 19.3. The molecule has 0 heterocycles. The van der Waals surface area contributed by atoms with Gasteiger partial charge in [-0.1, -0.05) is 90.4 Å². The molecule has 0 aromatic rings. The van der Waals surface area contributed by atoms with Gasteiger partial charge in [-0.3, -0.25) is 4.18 Å². The van der Waals surface area contributed by atoms with E-state index in [1.807, 2.05) is 0 Å². The van der Waals surface area contributed by atoms with E-state index in [1.54, 1.807) is 0 Å². The van der Waals surface area contributed by atoms with Crippen LogP contribution in [0.5, 0.6) is 0 Å². The minimum Gasteiger partial charge on any atom is -0.726 e. The van der Waals surface area contributed by atoms with Crippen LogP contribution in [-0.4, -0.2) is 32.8 Å². The summed E-state index contributed by atoms with van der Waals surface area (Å²) in [7, 11) is -4.54. The number of unbranched alkanes of at least 4 members (excludes halogenated alkanes) is 14. The molecule has 0 amide bonds. The Kier molecular flexibility index (Phi) is 27.0. The maximum Gasteiger partial charge on any atom is 1.00 e. The summed E-state index contributed by atoms with van der Waals surface area (Å²) in [6.07, 6.45) is 20.1. The number of hydrogen-bond donors (Lipinski definition) is 0. The third-order valence-electron chi connectivity index (χ3n) is 4.55. The Morgan fingerprint density at radius 2 is 0.926 bits per heavy atom. The fraction of sp³-hybridized carbons (Fsp3) is 1.00. The molecule has 0 aromatic carbocycles. The molecule has 0 saturated carbocycles. The standard InChI is InChI=1S/C20H42O5S.K/c1-2-3-4-5-6-7-8-9-10-11-12-13-14-15-18-24-19-16-17-20-25-26(21,22)23;/h2-20H2,1H3,(H,21,22,23);/q;+1/p-1. The Morgan fingerprint density at radius 1 is 0.593 bits per heavy atom. The molecule has 0 aliphatic heterocycles. The monoisotopic (exact) mass is 432 g/mol. The average molecular weight is 433 g/mol. The van der Waals surface area contributed by atoms with Crippen LogP contribution in [0, 0.1) is 0 Å². The molecular formula is C20H41KO5S. The van der Waals surface area contributed by atoms with Crippen molar-refractivity contribution in [2.75, 3.05) is 19.8 Å². The van der Waals surface area contributed by atoms with Gasteiger partial charge >= 0.3 is 51.4 Å². The molecule has 0 atom stereocenters. The summed E-state index contributed by atoms with van der Waals surface area (Å²) in [6.45, 7) is 3.58. The first-order valence-electron chi connectivity index (χ1n) is 10.7. The van der Waals surface area contributed by atoms with E-state index in [2.05, 4.69) is 11.1 Å². The molecule has 0 aromatic heterocycles. The predicted molar refractivity (Wildman–Crippen MR) is 106 cm³/mol. The van der Waals surface area contributed by atoms with Gasteiger partial charge in [0, 0.05) is 13.2 Å². The first-order valence-corrected chi connectivity index (χ1v) is 12.1. The van der Waals surface area contributed by atoms with Crippen LogP contribution >= 0.6 is 0 Å². The van der Waals surface area contributed by atoms with Gasteiger partial charge in [-0.15, -0.1) is 0 Å². The summed E-state index contributed by atoms with van der Waals surface area (Å²) < 4.78 is 40.3. The first kappa shape index (κ1) is 30.7. The van der Waals surface area contributed by atoms with Gasteiger partial charge in [0.05, 0.1) is 6.61 Å². The van der Waals surface area contributed by atoms with Crippen LogP contribution in [0.2, 0.25) is 0 Å². The summed E-state index contributed by atoms with van der Waals surface area (Å²) in [5, 5.41) is 0. The topological polar surface area (TPSA) is 75.7 Å². The third-order valence-corrected chi connectivity index (χ3v) is 5.01. The molecule has 0 N–H and O–H groups in total. The van der Waals surface area contributed by atoms with Crippen molar-refractivity contribution in [1.82, 2.24) is 0 Å². The molecular weight excluding hydrogens is 391 g/mol. The minimum absolute atomic E-state index is 0. The smallest absolute Gasteiger partial charge is 0.726 e. The van der Waals surface area contributed by atoms with Crippen molar-refractivity contribution < 1.29 is 73.3 Å². The van der Waals surface area contributed by atoms with E-state index in [9.17, 15) is 13.0 Å². The largest absolute Gasteiger partial charge is 1.00 e. The molecule has 7 heteroatoms. The molecule has 0 spiro atoms. The van der Waals surface area contributed by atoms with E-state index in [-0.39, 0.29) is 58.0 Å². The van der Waals surface area contributed by atoms with Gasteiger partial charge in [0.15, 0.2) is 0 Å². The van der Waals surface area contributed by atoms with Crippen molar-refractivity contribution >= 4 is 10.4 Å². The van der Waals surface area contributed by atoms with E-state index < -0.39 is 10.4 Å². The molecule has 0 aliphatic rings. The van der Waals surface area contributed by atoms with Crippen molar-refractivity contribution in [3.05, 3.63) is 0 Å². The fourth-order valence-electron chi connectivity index (χ4n) is 2.97. The van der Waals surface area contributed by atoms with Crippen molar-refractivity contribution in [1.29, 1.82) is 0 Å². The number of ether oxygens (including phenoxy) is 1. The second kappa shape index (κ2) is 23.7. The maximum absolute atomic E-state index is 10.2. The van der Waals surface area contributed by atoms with Crippen LogP contribution in [0.1, 0.15) is 110 Å². The summed E-state index contributed by atoms with van der Waals surface area (Å²) in [5.41, 5.74) is 0. The molecule has 158 valence electrons. The molecule has 27 heavy (non-hydrogen) atoms. The van der Waals surface area contributed by atoms with Gasteiger partial charge in [-0.2, -0.15) is 0 Å². The van der Waals surface area contributed by atoms with E-state index in [0.717, 1.165) is 13.0 Å².